The molecule has 0 saturated carbocycles. The van der Waals surface area contributed by atoms with Gasteiger partial charge in [0.05, 0.1) is 12.1 Å². The van der Waals surface area contributed by atoms with Gasteiger partial charge in [0, 0.05) is 16.9 Å². The van der Waals surface area contributed by atoms with Gasteiger partial charge in [-0.15, -0.1) is 0 Å². The molecule has 0 radical (unpaired) electrons. The van der Waals surface area contributed by atoms with Crippen molar-refractivity contribution in [1.82, 2.24) is 0 Å². The van der Waals surface area contributed by atoms with Gasteiger partial charge in [0.25, 0.3) is 0 Å². The number of anilines is 2. The lowest BCUT2D eigenvalue weighted by molar-refractivity contribution is -0.137. The highest BCUT2D eigenvalue weighted by Gasteiger charge is 2.30. The number of halogens is 3. The summed E-state index contributed by atoms with van der Waals surface area (Å²) in [5, 5.41) is 5.52. The van der Waals surface area contributed by atoms with E-state index in [1.165, 1.54) is 12.1 Å². The molecule has 3 nitrogen and oxygen atoms in total. The molecule has 0 bridgehead atoms. The van der Waals surface area contributed by atoms with E-state index < -0.39 is 11.7 Å². The average molecular weight is 370 g/mol. The van der Waals surface area contributed by atoms with Crippen LogP contribution in [0.5, 0.6) is 0 Å². The molecular formula is C21H17F3N2O. The van der Waals surface area contributed by atoms with Crippen molar-refractivity contribution in [3.8, 4) is 11.1 Å². The van der Waals surface area contributed by atoms with Crippen molar-refractivity contribution >= 4 is 17.3 Å². The molecule has 0 saturated heterocycles. The van der Waals surface area contributed by atoms with E-state index in [-0.39, 0.29) is 18.1 Å². The zero-order valence-corrected chi connectivity index (χ0v) is 14.3. The zero-order chi connectivity index (χ0) is 19.3. The van der Waals surface area contributed by atoms with Crippen LogP contribution in [0.2, 0.25) is 0 Å². The first-order chi connectivity index (χ1) is 12.9. The Balaban J connectivity index is 1.68. The molecule has 0 fully saturated rings. The van der Waals surface area contributed by atoms with Crippen molar-refractivity contribution < 1.29 is 18.0 Å². The van der Waals surface area contributed by atoms with Gasteiger partial charge in [0.15, 0.2) is 0 Å². The molecule has 0 aliphatic rings. The Kier molecular flexibility index (Phi) is 5.45. The number of hydrogen-bond acceptors (Lipinski definition) is 2. The predicted octanol–water partition coefficient (Wildman–Crippen LogP) is 5.42. The van der Waals surface area contributed by atoms with E-state index >= 15 is 0 Å². The third-order valence-corrected chi connectivity index (χ3v) is 3.93. The highest BCUT2D eigenvalue weighted by Crippen LogP contribution is 2.31. The number of carbonyl (C=O) groups is 1. The van der Waals surface area contributed by atoms with E-state index in [0.29, 0.717) is 5.69 Å². The van der Waals surface area contributed by atoms with E-state index in [1.807, 2.05) is 48.5 Å². The SMILES string of the molecule is O=C(CNc1cccc(C(F)(F)F)c1)Nc1ccccc1-c1ccccc1. The lowest BCUT2D eigenvalue weighted by Crippen LogP contribution is -2.22. The number of amides is 1. The first-order valence-electron chi connectivity index (χ1n) is 8.29. The summed E-state index contributed by atoms with van der Waals surface area (Å²) in [6.07, 6.45) is -4.42. The van der Waals surface area contributed by atoms with E-state index in [1.54, 1.807) is 6.07 Å². The maximum atomic E-state index is 12.8. The van der Waals surface area contributed by atoms with Crippen molar-refractivity contribution in [2.24, 2.45) is 0 Å². The minimum absolute atomic E-state index is 0.148. The molecule has 0 aliphatic carbocycles. The molecule has 0 atom stereocenters. The largest absolute Gasteiger partial charge is 0.416 e. The van der Waals surface area contributed by atoms with Crippen LogP contribution in [0.4, 0.5) is 24.5 Å². The second-order valence-electron chi connectivity index (χ2n) is 5.89. The van der Waals surface area contributed by atoms with Crippen molar-refractivity contribution in [2.45, 2.75) is 6.18 Å². The summed E-state index contributed by atoms with van der Waals surface area (Å²) in [5.41, 5.74) is 1.93. The smallest absolute Gasteiger partial charge is 0.376 e. The number of carbonyl (C=O) groups excluding carboxylic acids is 1. The monoisotopic (exact) mass is 370 g/mol. The Labute approximate surface area is 154 Å². The van der Waals surface area contributed by atoms with E-state index in [4.69, 9.17) is 0 Å². The molecule has 27 heavy (non-hydrogen) atoms. The topological polar surface area (TPSA) is 41.1 Å². The fourth-order valence-corrected chi connectivity index (χ4v) is 2.64. The summed E-state index contributed by atoms with van der Waals surface area (Å²) in [6, 6.07) is 21.7. The lowest BCUT2D eigenvalue weighted by Gasteiger charge is -2.13. The number of alkyl halides is 3. The van der Waals surface area contributed by atoms with Crippen LogP contribution in [0, 0.1) is 0 Å². The Bertz CT molecular complexity index is 924. The van der Waals surface area contributed by atoms with Crippen molar-refractivity contribution in [2.75, 3.05) is 17.2 Å². The van der Waals surface area contributed by atoms with Gasteiger partial charge in [-0.1, -0.05) is 54.6 Å². The molecule has 2 N–H and O–H groups in total. The van der Waals surface area contributed by atoms with Gasteiger partial charge < -0.3 is 10.6 Å². The van der Waals surface area contributed by atoms with E-state index in [0.717, 1.165) is 23.3 Å². The van der Waals surface area contributed by atoms with Crippen LogP contribution < -0.4 is 10.6 Å². The molecule has 3 aromatic rings. The zero-order valence-electron chi connectivity index (χ0n) is 14.3. The van der Waals surface area contributed by atoms with Gasteiger partial charge in [-0.3, -0.25) is 4.79 Å². The number of rotatable bonds is 5. The minimum atomic E-state index is -4.42. The highest BCUT2D eigenvalue weighted by molar-refractivity contribution is 5.97. The fourth-order valence-electron chi connectivity index (χ4n) is 2.64. The van der Waals surface area contributed by atoms with Crippen molar-refractivity contribution in [1.29, 1.82) is 0 Å². The maximum Gasteiger partial charge on any atom is 0.416 e. The summed E-state index contributed by atoms with van der Waals surface area (Å²) < 4.78 is 38.3. The average Bonchev–Trinajstić information content (AvgIpc) is 2.67. The molecule has 6 heteroatoms. The summed E-state index contributed by atoms with van der Waals surface area (Å²) in [4.78, 5) is 12.3. The van der Waals surface area contributed by atoms with Crippen LogP contribution in [0.3, 0.4) is 0 Å². The molecule has 0 aromatic heterocycles. The molecule has 3 rings (SSSR count). The van der Waals surface area contributed by atoms with Crippen LogP contribution in [-0.4, -0.2) is 12.5 Å². The quantitative estimate of drug-likeness (QED) is 0.629. The molecule has 0 unspecified atom stereocenters. The number of benzene rings is 3. The van der Waals surface area contributed by atoms with Gasteiger partial charge in [-0.25, -0.2) is 0 Å². The lowest BCUT2D eigenvalue weighted by atomic mass is 10.0. The van der Waals surface area contributed by atoms with Crippen LogP contribution in [0.25, 0.3) is 11.1 Å². The first kappa shape index (κ1) is 18.5. The molecule has 1 amide bonds. The van der Waals surface area contributed by atoms with Crippen LogP contribution in [0.1, 0.15) is 5.56 Å². The molecule has 3 aromatic carbocycles. The summed E-state index contributed by atoms with van der Waals surface area (Å²) in [6.45, 7) is -0.148. The Morgan fingerprint density at radius 3 is 2.30 bits per heavy atom. The fraction of sp³-hybridized carbons (Fsp3) is 0.0952. The Morgan fingerprint density at radius 1 is 0.852 bits per heavy atom. The van der Waals surface area contributed by atoms with E-state index in [2.05, 4.69) is 10.6 Å². The molecule has 0 heterocycles. The number of nitrogens with one attached hydrogen (secondary N) is 2. The van der Waals surface area contributed by atoms with Crippen LogP contribution >= 0.6 is 0 Å². The van der Waals surface area contributed by atoms with Crippen LogP contribution in [0.15, 0.2) is 78.9 Å². The first-order valence-corrected chi connectivity index (χ1v) is 8.29. The Hall–Kier alpha value is -3.28. The number of hydrogen-bond donors (Lipinski definition) is 2. The minimum Gasteiger partial charge on any atom is -0.376 e. The highest BCUT2D eigenvalue weighted by atomic mass is 19.4. The van der Waals surface area contributed by atoms with E-state index in [9.17, 15) is 18.0 Å². The van der Waals surface area contributed by atoms with Crippen molar-refractivity contribution in [3.63, 3.8) is 0 Å². The third-order valence-electron chi connectivity index (χ3n) is 3.93. The molecule has 138 valence electrons. The number of para-hydroxylation sites is 1. The van der Waals surface area contributed by atoms with Gasteiger partial charge in [0.2, 0.25) is 5.91 Å². The Morgan fingerprint density at radius 2 is 1.56 bits per heavy atom. The second kappa shape index (κ2) is 7.95. The normalized spacial score (nSPS) is 11.1. The standard InChI is InChI=1S/C21H17F3N2O/c22-21(23,24)16-9-6-10-17(13-16)25-14-20(27)26-19-12-5-4-11-18(19)15-7-2-1-3-8-15/h1-13,25H,14H2,(H,26,27). The van der Waals surface area contributed by atoms with Gasteiger partial charge in [-0.2, -0.15) is 13.2 Å². The van der Waals surface area contributed by atoms with Crippen molar-refractivity contribution in [3.05, 3.63) is 84.4 Å². The predicted molar refractivity (Wildman–Crippen MR) is 100 cm³/mol. The van der Waals surface area contributed by atoms with Gasteiger partial charge in [0.1, 0.15) is 0 Å². The van der Waals surface area contributed by atoms with Crippen LogP contribution in [-0.2, 0) is 11.0 Å². The molecule has 0 spiro atoms. The summed E-state index contributed by atoms with van der Waals surface area (Å²) in [7, 11) is 0. The summed E-state index contributed by atoms with van der Waals surface area (Å²) >= 11 is 0. The molecular weight excluding hydrogens is 353 g/mol. The van der Waals surface area contributed by atoms with Gasteiger partial charge in [-0.05, 0) is 29.8 Å². The van der Waals surface area contributed by atoms with Gasteiger partial charge >= 0.3 is 6.18 Å². The molecule has 0 aliphatic heterocycles. The summed E-state index contributed by atoms with van der Waals surface area (Å²) in [5.74, 6) is -0.351. The third kappa shape index (κ3) is 4.88. The second-order valence-corrected chi connectivity index (χ2v) is 5.89. The maximum absolute atomic E-state index is 12.8.